The maximum absolute atomic E-state index is 4.22. The fourth-order valence-corrected chi connectivity index (χ4v) is 2.96. The summed E-state index contributed by atoms with van der Waals surface area (Å²) in [6.07, 6.45) is 9.60. The zero-order valence-electron chi connectivity index (χ0n) is 10.6. The maximum atomic E-state index is 4.22. The molecule has 0 saturated heterocycles. The number of thiol groups is 1. The molecule has 0 unspecified atom stereocenters. The van der Waals surface area contributed by atoms with Gasteiger partial charge in [0.25, 0.3) is 0 Å². The lowest BCUT2D eigenvalue weighted by Gasteiger charge is -2.02. The van der Waals surface area contributed by atoms with Gasteiger partial charge in [-0.2, -0.15) is 12.6 Å². The Balaban J connectivity index is 1.85. The Labute approximate surface area is 116 Å². The van der Waals surface area contributed by atoms with E-state index in [4.69, 9.17) is 0 Å². The molecule has 0 N–H and O–H groups in total. The zero-order valence-corrected chi connectivity index (χ0v) is 12.3. The standard InChI is InChI=1S/C15H24S2/c16-13-9-4-2-1-3-5-10-14-17-15-11-7-6-8-12-15/h6-8,11-12,16H,1-5,9-10,13-14H2. The summed E-state index contributed by atoms with van der Waals surface area (Å²) >= 11 is 6.21. The third-order valence-corrected chi connectivity index (χ3v) is 4.23. The summed E-state index contributed by atoms with van der Waals surface area (Å²) in [7, 11) is 0. The monoisotopic (exact) mass is 268 g/mol. The second kappa shape index (κ2) is 11.0. The van der Waals surface area contributed by atoms with Gasteiger partial charge in [-0.05, 0) is 36.5 Å². The molecule has 0 aliphatic rings. The van der Waals surface area contributed by atoms with E-state index in [1.165, 1.54) is 55.6 Å². The molecule has 0 radical (unpaired) electrons. The topological polar surface area (TPSA) is 0 Å². The van der Waals surface area contributed by atoms with Crippen LogP contribution in [0.15, 0.2) is 35.2 Å². The van der Waals surface area contributed by atoms with Gasteiger partial charge in [0, 0.05) is 4.90 Å². The van der Waals surface area contributed by atoms with Crippen molar-refractivity contribution in [3.63, 3.8) is 0 Å². The lowest BCUT2D eigenvalue weighted by molar-refractivity contribution is 0.605. The average Bonchev–Trinajstić information content (AvgIpc) is 2.38. The molecule has 17 heavy (non-hydrogen) atoms. The van der Waals surface area contributed by atoms with E-state index in [1.807, 2.05) is 11.8 Å². The van der Waals surface area contributed by atoms with Gasteiger partial charge in [0.2, 0.25) is 0 Å². The van der Waals surface area contributed by atoms with Crippen molar-refractivity contribution < 1.29 is 0 Å². The molecule has 0 bridgehead atoms. The number of thioether (sulfide) groups is 1. The van der Waals surface area contributed by atoms with E-state index in [0.717, 1.165) is 5.75 Å². The zero-order chi connectivity index (χ0) is 12.2. The summed E-state index contributed by atoms with van der Waals surface area (Å²) < 4.78 is 0. The fraction of sp³-hybridized carbons (Fsp3) is 0.600. The van der Waals surface area contributed by atoms with Crippen LogP contribution < -0.4 is 0 Å². The third-order valence-electron chi connectivity index (χ3n) is 2.81. The van der Waals surface area contributed by atoms with Crippen LogP contribution in [0.2, 0.25) is 0 Å². The molecule has 0 heterocycles. The van der Waals surface area contributed by atoms with Crippen LogP contribution in [0.4, 0.5) is 0 Å². The minimum Gasteiger partial charge on any atom is -0.179 e. The number of hydrogen-bond donors (Lipinski definition) is 1. The molecule has 0 spiro atoms. The highest BCUT2D eigenvalue weighted by Gasteiger charge is 1.94. The Morgan fingerprint density at radius 3 is 2.00 bits per heavy atom. The number of hydrogen-bond acceptors (Lipinski definition) is 2. The molecule has 96 valence electrons. The first-order valence-corrected chi connectivity index (χ1v) is 8.34. The highest BCUT2D eigenvalue weighted by Crippen LogP contribution is 2.19. The van der Waals surface area contributed by atoms with Crippen molar-refractivity contribution in [2.75, 3.05) is 11.5 Å². The molecular weight excluding hydrogens is 244 g/mol. The largest absolute Gasteiger partial charge is 0.179 e. The highest BCUT2D eigenvalue weighted by atomic mass is 32.2. The molecule has 0 saturated carbocycles. The van der Waals surface area contributed by atoms with Crippen LogP contribution in [0.5, 0.6) is 0 Å². The fourth-order valence-electron chi connectivity index (χ4n) is 1.80. The highest BCUT2D eigenvalue weighted by molar-refractivity contribution is 7.99. The second-order valence-electron chi connectivity index (χ2n) is 4.36. The third kappa shape index (κ3) is 8.62. The van der Waals surface area contributed by atoms with E-state index in [9.17, 15) is 0 Å². The minimum atomic E-state index is 1.05. The SMILES string of the molecule is SCCCCCCCCCSc1ccccc1. The molecule has 0 amide bonds. The molecule has 2 heteroatoms. The number of rotatable bonds is 10. The number of unbranched alkanes of at least 4 members (excludes halogenated alkanes) is 6. The van der Waals surface area contributed by atoms with Crippen molar-refractivity contribution >= 4 is 24.4 Å². The molecule has 0 nitrogen and oxygen atoms in total. The molecule has 0 aliphatic heterocycles. The average molecular weight is 268 g/mol. The van der Waals surface area contributed by atoms with Gasteiger partial charge >= 0.3 is 0 Å². The molecular formula is C15H24S2. The van der Waals surface area contributed by atoms with Gasteiger partial charge in [-0.1, -0.05) is 50.3 Å². The van der Waals surface area contributed by atoms with Crippen molar-refractivity contribution in [2.45, 2.75) is 49.8 Å². The Kier molecular flexibility index (Phi) is 9.72. The molecule has 1 aromatic carbocycles. The first kappa shape index (κ1) is 15.0. The lowest BCUT2D eigenvalue weighted by atomic mass is 10.1. The van der Waals surface area contributed by atoms with Crippen LogP contribution in [0.25, 0.3) is 0 Å². The van der Waals surface area contributed by atoms with Gasteiger partial charge < -0.3 is 0 Å². The molecule has 0 aromatic heterocycles. The van der Waals surface area contributed by atoms with Crippen LogP contribution in [0.3, 0.4) is 0 Å². The molecule has 0 atom stereocenters. The molecule has 0 aliphatic carbocycles. The van der Waals surface area contributed by atoms with Gasteiger partial charge in [-0.3, -0.25) is 0 Å². The summed E-state index contributed by atoms with van der Waals surface area (Å²) in [4.78, 5) is 1.40. The minimum absolute atomic E-state index is 1.05. The Morgan fingerprint density at radius 2 is 1.35 bits per heavy atom. The van der Waals surface area contributed by atoms with Crippen LogP contribution in [0.1, 0.15) is 44.9 Å². The maximum Gasteiger partial charge on any atom is 0.00719 e. The van der Waals surface area contributed by atoms with E-state index in [2.05, 4.69) is 43.0 Å². The molecule has 1 aromatic rings. The van der Waals surface area contributed by atoms with Crippen LogP contribution in [-0.4, -0.2) is 11.5 Å². The van der Waals surface area contributed by atoms with E-state index in [1.54, 1.807) is 0 Å². The van der Waals surface area contributed by atoms with Gasteiger partial charge in [-0.15, -0.1) is 11.8 Å². The predicted molar refractivity (Wildman–Crippen MR) is 83.3 cm³/mol. The Bertz CT molecular complexity index is 259. The lowest BCUT2D eigenvalue weighted by Crippen LogP contribution is -1.83. The molecule has 0 fully saturated rings. The van der Waals surface area contributed by atoms with Gasteiger partial charge in [0.1, 0.15) is 0 Å². The van der Waals surface area contributed by atoms with Gasteiger partial charge in [0.05, 0.1) is 0 Å². The first-order chi connectivity index (χ1) is 8.43. The quantitative estimate of drug-likeness (QED) is 0.335. The van der Waals surface area contributed by atoms with E-state index in [0.29, 0.717) is 0 Å². The van der Waals surface area contributed by atoms with Crippen LogP contribution >= 0.6 is 24.4 Å². The van der Waals surface area contributed by atoms with E-state index in [-0.39, 0.29) is 0 Å². The van der Waals surface area contributed by atoms with Crippen LogP contribution in [0, 0.1) is 0 Å². The summed E-state index contributed by atoms with van der Waals surface area (Å²) in [5.41, 5.74) is 0. The van der Waals surface area contributed by atoms with Crippen molar-refractivity contribution in [1.29, 1.82) is 0 Å². The van der Waals surface area contributed by atoms with Crippen molar-refractivity contribution in [3.8, 4) is 0 Å². The predicted octanol–water partition coefficient (Wildman–Crippen LogP) is 5.44. The van der Waals surface area contributed by atoms with E-state index < -0.39 is 0 Å². The van der Waals surface area contributed by atoms with Gasteiger partial charge in [-0.25, -0.2) is 0 Å². The summed E-state index contributed by atoms with van der Waals surface area (Å²) in [6, 6.07) is 10.7. The summed E-state index contributed by atoms with van der Waals surface area (Å²) in [5, 5.41) is 0. The normalized spacial score (nSPS) is 10.6. The molecule has 1 rings (SSSR count). The van der Waals surface area contributed by atoms with Gasteiger partial charge in [0.15, 0.2) is 0 Å². The smallest absolute Gasteiger partial charge is 0.00719 e. The number of benzene rings is 1. The van der Waals surface area contributed by atoms with Crippen molar-refractivity contribution in [1.82, 2.24) is 0 Å². The Hall–Kier alpha value is -0.0800. The van der Waals surface area contributed by atoms with Crippen LogP contribution in [-0.2, 0) is 0 Å². The second-order valence-corrected chi connectivity index (χ2v) is 5.98. The van der Waals surface area contributed by atoms with E-state index >= 15 is 0 Å². The first-order valence-electron chi connectivity index (χ1n) is 6.72. The summed E-state index contributed by atoms with van der Waals surface area (Å²) in [5.74, 6) is 2.31. The van der Waals surface area contributed by atoms with Crippen molar-refractivity contribution in [3.05, 3.63) is 30.3 Å². The summed E-state index contributed by atoms with van der Waals surface area (Å²) in [6.45, 7) is 0. The Morgan fingerprint density at radius 1 is 0.765 bits per heavy atom. The van der Waals surface area contributed by atoms with Crippen molar-refractivity contribution in [2.24, 2.45) is 0 Å².